The van der Waals surface area contributed by atoms with Crippen LogP contribution >= 0.6 is 15.9 Å². The molecule has 2 aromatic rings. The SMILES string of the molecule is CO[C@H]1CC2C=C[C@@H]([C@H]3C[C@H](O)[C@@H](C)C3OC(=O)c3ccc[nH]3)C[C@]2(O)/C(C)=C/[C@@H](C)[C@@H]([C@@H](C)OC(=O)c2ccccc2CBr)OC1=O. The highest BCUT2D eigenvalue weighted by molar-refractivity contribution is 9.08. The minimum Gasteiger partial charge on any atom is -0.457 e. The number of carbonyl (C=O) groups is 3. The van der Waals surface area contributed by atoms with E-state index in [2.05, 4.69) is 20.9 Å². The number of alkyl halides is 1. The molecule has 0 saturated heterocycles. The Labute approximate surface area is 290 Å². The summed E-state index contributed by atoms with van der Waals surface area (Å²) in [5.74, 6) is -3.32. The van der Waals surface area contributed by atoms with Crippen LogP contribution in [0.2, 0.25) is 0 Å². The summed E-state index contributed by atoms with van der Waals surface area (Å²) in [6.45, 7) is 7.29. The number of fused-ring (bicyclic) bond motifs is 1. The molecule has 2 aliphatic carbocycles. The predicted molar refractivity (Wildman–Crippen MR) is 181 cm³/mol. The number of hydrogen-bond acceptors (Lipinski definition) is 9. The highest BCUT2D eigenvalue weighted by Gasteiger charge is 2.51. The van der Waals surface area contributed by atoms with Crippen LogP contribution in [-0.2, 0) is 29.1 Å². The van der Waals surface area contributed by atoms with E-state index >= 15 is 0 Å². The Hall–Kier alpha value is -3.25. The lowest BCUT2D eigenvalue weighted by Crippen LogP contribution is -2.49. The number of cyclic esters (lactones) is 1. The van der Waals surface area contributed by atoms with Crippen molar-refractivity contribution in [3.63, 3.8) is 0 Å². The second-order valence-electron chi connectivity index (χ2n) is 13.5. The number of halogens is 1. The normalized spacial score (nSPS) is 35.5. The molecule has 0 bridgehead atoms. The van der Waals surface area contributed by atoms with Crippen molar-refractivity contribution in [2.75, 3.05) is 7.11 Å². The van der Waals surface area contributed by atoms with Gasteiger partial charge in [0.2, 0.25) is 0 Å². The molecule has 0 amide bonds. The maximum Gasteiger partial charge on any atom is 0.355 e. The summed E-state index contributed by atoms with van der Waals surface area (Å²) in [4.78, 5) is 42.6. The van der Waals surface area contributed by atoms with Crippen molar-refractivity contribution in [1.82, 2.24) is 4.98 Å². The van der Waals surface area contributed by atoms with Crippen LogP contribution in [0.1, 0.15) is 73.4 Å². The Bertz CT molecular complexity index is 1520. The van der Waals surface area contributed by atoms with Crippen LogP contribution in [0.4, 0.5) is 0 Å². The molecule has 0 radical (unpaired) electrons. The summed E-state index contributed by atoms with van der Waals surface area (Å²) in [5.41, 5.74) is 0.828. The fourth-order valence-electron chi connectivity index (χ4n) is 7.66. The van der Waals surface area contributed by atoms with Crippen molar-refractivity contribution in [2.45, 2.75) is 88.4 Å². The molecular formula is C37H46BrNO9. The standard InChI is InChI=1S/C37H46BrNO9/c1-20-15-21(2)37(44)18-24(28-17-30(40)22(3)33(28)48-35(42)29-11-8-14-39-29)12-13-26(37)16-31(45-5)36(43)47-32(20)23(4)46-34(41)27-10-7-6-9-25(27)19-38/h6-15,20,22-24,26,28,30-33,39-40,44H,16-19H2,1-5H3/b21-15+/t20-,22-,23-,24-,26?,28-,30+,31+,32+,33?,37+/m1/s1. The van der Waals surface area contributed by atoms with E-state index in [4.69, 9.17) is 18.9 Å². The molecule has 10 nitrogen and oxygen atoms in total. The van der Waals surface area contributed by atoms with Gasteiger partial charge in [-0.15, -0.1) is 0 Å². The molecular weight excluding hydrogens is 682 g/mol. The summed E-state index contributed by atoms with van der Waals surface area (Å²) < 4.78 is 23.4. The number of rotatable bonds is 8. The average Bonchev–Trinajstić information content (AvgIpc) is 3.71. The van der Waals surface area contributed by atoms with Crippen LogP contribution in [0.25, 0.3) is 0 Å². The van der Waals surface area contributed by atoms with E-state index in [9.17, 15) is 24.6 Å². The lowest BCUT2D eigenvalue weighted by Gasteiger charge is -2.45. The first-order valence-corrected chi connectivity index (χ1v) is 17.7. The molecule has 11 heteroatoms. The third-order valence-corrected chi connectivity index (χ3v) is 11.1. The molecule has 0 spiro atoms. The third-order valence-electron chi connectivity index (χ3n) is 10.5. The van der Waals surface area contributed by atoms with Crippen LogP contribution in [0, 0.1) is 29.6 Å². The number of aliphatic hydroxyl groups is 2. The number of methoxy groups -OCH3 is 1. The monoisotopic (exact) mass is 727 g/mol. The van der Waals surface area contributed by atoms with Crippen LogP contribution in [0.15, 0.2) is 66.4 Å². The number of hydrogen-bond donors (Lipinski definition) is 3. The molecule has 1 fully saturated rings. The van der Waals surface area contributed by atoms with E-state index in [-0.39, 0.29) is 30.6 Å². The Morgan fingerprint density at radius 3 is 2.56 bits per heavy atom. The van der Waals surface area contributed by atoms with E-state index in [1.165, 1.54) is 7.11 Å². The van der Waals surface area contributed by atoms with Gasteiger partial charge in [-0.1, -0.05) is 66.2 Å². The topological polar surface area (TPSA) is 144 Å². The van der Waals surface area contributed by atoms with E-state index < -0.39 is 65.9 Å². The van der Waals surface area contributed by atoms with Crippen molar-refractivity contribution in [3.8, 4) is 0 Å². The molecule has 1 aliphatic heterocycles. The summed E-state index contributed by atoms with van der Waals surface area (Å²) in [6, 6.07) is 10.5. The van der Waals surface area contributed by atoms with Crippen LogP contribution in [-0.4, -0.2) is 76.3 Å². The molecule has 3 aliphatic rings. The first-order chi connectivity index (χ1) is 22.9. The van der Waals surface area contributed by atoms with Gasteiger partial charge in [0.15, 0.2) is 6.10 Å². The van der Waals surface area contributed by atoms with Crippen molar-refractivity contribution in [3.05, 3.63) is 83.2 Å². The Kier molecular flexibility index (Phi) is 11.3. The fourth-order valence-corrected chi connectivity index (χ4v) is 8.15. The smallest absolute Gasteiger partial charge is 0.355 e. The minimum absolute atomic E-state index is 0.156. The van der Waals surface area contributed by atoms with Gasteiger partial charge in [-0.2, -0.15) is 0 Å². The molecule has 48 heavy (non-hydrogen) atoms. The molecule has 260 valence electrons. The van der Waals surface area contributed by atoms with Crippen molar-refractivity contribution >= 4 is 33.8 Å². The first-order valence-electron chi connectivity index (χ1n) is 16.6. The molecule has 1 aromatic carbocycles. The third kappa shape index (κ3) is 7.34. The zero-order valence-electron chi connectivity index (χ0n) is 28.0. The molecule has 2 unspecified atom stereocenters. The van der Waals surface area contributed by atoms with Gasteiger partial charge in [0.25, 0.3) is 0 Å². The van der Waals surface area contributed by atoms with Gasteiger partial charge in [0.1, 0.15) is 24.0 Å². The quantitative estimate of drug-likeness (QED) is 0.138. The molecule has 11 atom stereocenters. The molecule has 5 rings (SSSR count). The molecule has 1 saturated carbocycles. The number of H-pyrrole nitrogens is 1. The van der Waals surface area contributed by atoms with Gasteiger partial charge in [-0.25, -0.2) is 14.4 Å². The van der Waals surface area contributed by atoms with Gasteiger partial charge in [-0.05, 0) is 68.4 Å². The number of esters is 3. The van der Waals surface area contributed by atoms with Gasteiger partial charge >= 0.3 is 17.9 Å². The minimum atomic E-state index is -1.38. The lowest BCUT2D eigenvalue weighted by molar-refractivity contribution is -0.171. The molecule has 3 N–H and O–H groups in total. The van der Waals surface area contributed by atoms with Gasteiger partial charge in [0.05, 0.1) is 17.3 Å². The number of nitrogens with one attached hydrogen (secondary N) is 1. The van der Waals surface area contributed by atoms with E-state index in [1.54, 1.807) is 37.4 Å². The number of carbonyl (C=O) groups excluding carboxylic acids is 3. The highest BCUT2D eigenvalue weighted by atomic mass is 79.9. The van der Waals surface area contributed by atoms with Gasteiger partial charge in [0, 0.05) is 42.3 Å². The number of benzene rings is 1. The highest BCUT2D eigenvalue weighted by Crippen LogP contribution is 2.48. The molecule has 1 aromatic heterocycles. The Balaban J connectivity index is 1.42. The first kappa shape index (κ1) is 36.0. The van der Waals surface area contributed by atoms with E-state index in [1.807, 2.05) is 51.1 Å². The lowest BCUT2D eigenvalue weighted by atomic mass is 9.65. The summed E-state index contributed by atoms with van der Waals surface area (Å²) >= 11 is 3.42. The van der Waals surface area contributed by atoms with Crippen molar-refractivity contribution in [2.24, 2.45) is 29.6 Å². The number of aliphatic hydroxyl groups excluding tert-OH is 1. The number of aromatic nitrogens is 1. The second-order valence-corrected chi connectivity index (χ2v) is 14.1. The second kappa shape index (κ2) is 15.1. The Morgan fingerprint density at radius 2 is 1.88 bits per heavy atom. The van der Waals surface area contributed by atoms with Gasteiger partial charge in [-0.3, -0.25) is 0 Å². The summed E-state index contributed by atoms with van der Waals surface area (Å²) in [5, 5.41) is 23.9. The maximum absolute atomic E-state index is 13.5. The van der Waals surface area contributed by atoms with Crippen LogP contribution in [0.5, 0.6) is 0 Å². The number of aromatic amines is 1. The zero-order valence-corrected chi connectivity index (χ0v) is 29.6. The largest absolute Gasteiger partial charge is 0.457 e. The van der Waals surface area contributed by atoms with Crippen LogP contribution in [0.3, 0.4) is 0 Å². The van der Waals surface area contributed by atoms with E-state index in [0.717, 1.165) is 5.56 Å². The zero-order chi connectivity index (χ0) is 34.7. The summed E-state index contributed by atoms with van der Waals surface area (Å²) in [6.07, 6.45) is 4.43. The van der Waals surface area contributed by atoms with E-state index in [0.29, 0.717) is 28.6 Å². The maximum atomic E-state index is 13.5. The van der Waals surface area contributed by atoms with Gasteiger partial charge < -0.3 is 34.1 Å². The predicted octanol–water partition coefficient (Wildman–Crippen LogP) is 5.53. The summed E-state index contributed by atoms with van der Waals surface area (Å²) in [7, 11) is 1.43. The van der Waals surface area contributed by atoms with Crippen molar-refractivity contribution in [1.29, 1.82) is 0 Å². The average molecular weight is 729 g/mol. The molecule has 2 heterocycles. The number of allylic oxidation sites excluding steroid dienone is 1. The number of ether oxygens (including phenoxy) is 4. The Morgan fingerprint density at radius 1 is 1.12 bits per heavy atom. The van der Waals surface area contributed by atoms with Crippen LogP contribution < -0.4 is 0 Å². The van der Waals surface area contributed by atoms with Crippen molar-refractivity contribution < 1.29 is 43.5 Å². The fraction of sp³-hybridized carbons (Fsp3) is 0.541.